The molecule has 0 saturated heterocycles. The zero-order valence-corrected chi connectivity index (χ0v) is 11.6. The normalized spacial score (nSPS) is 22.5. The summed E-state index contributed by atoms with van der Waals surface area (Å²) in [6, 6.07) is 3.60. The Kier molecular flexibility index (Phi) is 3.91. The van der Waals surface area contributed by atoms with Crippen LogP contribution in [0.5, 0.6) is 0 Å². The highest BCUT2D eigenvalue weighted by atomic mass is 35.5. The van der Waals surface area contributed by atoms with Crippen LogP contribution in [0.3, 0.4) is 0 Å². The van der Waals surface area contributed by atoms with Gasteiger partial charge in [-0.1, -0.05) is 38.3 Å². The fourth-order valence-electron chi connectivity index (χ4n) is 2.51. The molecule has 2 rings (SSSR count). The minimum Gasteiger partial charge on any atom is -0.349 e. The minimum absolute atomic E-state index is 0.0564. The fourth-order valence-corrected chi connectivity index (χ4v) is 2.63. The molecular weight excluding hydrogens is 248 g/mol. The van der Waals surface area contributed by atoms with Crippen LogP contribution in [0.4, 0.5) is 0 Å². The van der Waals surface area contributed by atoms with Gasteiger partial charge in [0.05, 0.1) is 5.56 Å². The third kappa shape index (κ3) is 3.02. The molecule has 0 spiro atoms. The summed E-state index contributed by atoms with van der Waals surface area (Å²) in [5.74, 6) is -0.0564. The van der Waals surface area contributed by atoms with Crippen molar-refractivity contribution in [2.24, 2.45) is 5.41 Å². The minimum atomic E-state index is -0.0564. The van der Waals surface area contributed by atoms with Crippen molar-refractivity contribution in [2.75, 3.05) is 0 Å². The molecule has 0 aromatic carbocycles. The summed E-state index contributed by atoms with van der Waals surface area (Å²) >= 11 is 5.71. The van der Waals surface area contributed by atoms with Crippen molar-refractivity contribution >= 4 is 17.5 Å². The summed E-state index contributed by atoms with van der Waals surface area (Å²) in [4.78, 5) is 16.1. The van der Waals surface area contributed by atoms with Crippen LogP contribution < -0.4 is 5.32 Å². The Labute approximate surface area is 113 Å². The molecule has 3 nitrogen and oxygen atoms in total. The Balaban J connectivity index is 2.04. The van der Waals surface area contributed by atoms with Gasteiger partial charge >= 0.3 is 0 Å². The van der Waals surface area contributed by atoms with Crippen LogP contribution in [0.15, 0.2) is 18.3 Å². The molecule has 1 aromatic rings. The molecule has 1 N–H and O–H groups in total. The lowest BCUT2D eigenvalue weighted by Crippen LogP contribution is -2.46. The van der Waals surface area contributed by atoms with Crippen LogP contribution in [0.2, 0.25) is 5.15 Å². The van der Waals surface area contributed by atoms with Crippen molar-refractivity contribution in [3.05, 3.63) is 29.0 Å². The smallest absolute Gasteiger partial charge is 0.253 e. The van der Waals surface area contributed by atoms with Crippen molar-refractivity contribution in [3.63, 3.8) is 0 Å². The largest absolute Gasteiger partial charge is 0.349 e. The highest BCUT2D eigenvalue weighted by Crippen LogP contribution is 2.35. The van der Waals surface area contributed by atoms with Gasteiger partial charge in [-0.15, -0.1) is 0 Å². The third-order valence-corrected chi connectivity index (χ3v) is 4.03. The Bertz CT molecular complexity index is 428. The first-order valence-electron chi connectivity index (χ1n) is 6.41. The lowest BCUT2D eigenvalue weighted by molar-refractivity contribution is 0.0853. The van der Waals surface area contributed by atoms with E-state index in [-0.39, 0.29) is 17.4 Å². The maximum absolute atomic E-state index is 12.1. The van der Waals surface area contributed by atoms with Gasteiger partial charge in [-0.3, -0.25) is 4.79 Å². The van der Waals surface area contributed by atoms with Crippen LogP contribution >= 0.6 is 11.6 Å². The average Bonchev–Trinajstić information content (AvgIpc) is 2.32. The molecule has 1 heterocycles. The molecule has 1 unspecified atom stereocenters. The van der Waals surface area contributed by atoms with Gasteiger partial charge in [-0.25, -0.2) is 4.98 Å². The van der Waals surface area contributed by atoms with Crippen molar-refractivity contribution in [1.82, 2.24) is 10.3 Å². The molecular formula is C14H19ClN2O. The van der Waals surface area contributed by atoms with Gasteiger partial charge in [0.2, 0.25) is 0 Å². The Morgan fingerprint density at radius 3 is 2.83 bits per heavy atom. The molecule has 1 aromatic heterocycles. The number of halogens is 1. The van der Waals surface area contributed by atoms with E-state index in [9.17, 15) is 4.79 Å². The van der Waals surface area contributed by atoms with Crippen LogP contribution in [0, 0.1) is 5.41 Å². The maximum Gasteiger partial charge on any atom is 0.253 e. The number of carbonyl (C=O) groups is 1. The zero-order chi connectivity index (χ0) is 13.2. The summed E-state index contributed by atoms with van der Waals surface area (Å²) in [5.41, 5.74) is 0.745. The second-order valence-electron chi connectivity index (χ2n) is 5.63. The highest BCUT2D eigenvalue weighted by Gasteiger charge is 2.33. The van der Waals surface area contributed by atoms with E-state index in [2.05, 4.69) is 24.1 Å². The van der Waals surface area contributed by atoms with E-state index in [1.165, 1.54) is 19.0 Å². The van der Waals surface area contributed by atoms with E-state index in [1.807, 2.05) is 0 Å². The van der Waals surface area contributed by atoms with E-state index in [4.69, 9.17) is 11.6 Å². The Morgan fingerprint density at radius 1 is 1.44 bits per heavy atom. The van der Waals surface area contributed by atoms with E-state index < -0.39 is 0 Å². The van der Waals surface area contributed by atoms with Gasteiger partial charge in [0.25, 0.3) is 5.91 Å². The number of hydrogen-bond acceptors (Lipinski definition) is 2. The number of nitrogens with zero attached hydrogens (tertiary/aromatic N) is 1. The fraction of sp³-hybridized carbons (Fsp3) is 0.571. The quantitative estimate of drug-likeness (QED) is 0.834. The van der Waals surface area contributed by atoms with Gasteiger partial charge in [0.15, 0.2) is 0 Å². The van der Waals surface area contributed by atoms with Crippen LogP contribution in [0.1, 0.15) is 49.9 Å². The number of hydrogen-bond donors (Lipinski definition) is 1. The Hall–Kier alpha value is -1.09. The lowest BCUT2D eigenvalue weighted by atomic mass is 9.73. The van der Waals surface area contributed by atoms with Gasteiger partial charge < -0.3 is 5.32 Å². The predicted molar refractivity (Wildman–Crippen MR) is 72.8 cm³/mol. The topological polar surface area (TPSA) is 42.0 Å². The van der Waals surface area contributed by atoms with Crippen molar-refractivity contribution in [3.8, 4) is 0 Å². The van der Waals surface area contributed by atoms with Crippen molar-refractivity contribution in [2.45, 2.75) is 45.6 Å². The second-order valence-corrected chi connectivity index (χ2v) is 6.02. The monoisotopic (exact) mass is 266 g/mol. The summed E-state index contributed by atoms with van der Waals surface area (Å²) in [7, 11) is 0. The average molecular weight is 267 g/mol. The molecule has 0 radical (unpaired) electrons. The van der Waals surface area contributed by atoms with E-state index in [1.54, 1.807) is 12.1 Å². The molecule has 1 aliphatic carbocycles. The van der Waals surface area contributed by atoms with Gasteiger partial charge in [0.1, 0.15) is 5.15 Å². The van der Waals surface area contributed by atoms with E-state index in [0.717, 1.165) is 12.8 Å². The molecule has 1 aliphatic rings. The summed E-state index contributed by atoms with van der Waals surface area (Å²) in [5, 5.41) is 3.53. The molecule has 1 fully saturated rings. The zero-order valence-electron chi connectivity index (χ0n) is 10.9. The van der Waals surface area contributed by atoms with Crippen molar-refractivity contribution < 1.29 is 4.79 Å². The molecule has 0 bridgehead atoms. The SMILES string of the molecule is CC1(C)CCCCC1NC(=O)c1ccc(Cl)nc1. The molecule has 0 aliphatic heterocycles. The molecule has 98 valence electrons. The second kappa shape index (κ2) is 5.27. The molecule has 1 atom stereocenters. The van der Waals surface area contributed by atoms with Crippen molar-refractivity contribution in [1.29, 1.82) is 0 Å². The Morgan fingerprint density at radius 2 is 2.22 bits per heavy atom. The van der Waals surface area contributed by atoms with Gasteiger partial charge in [0, 0.05) is 12.2 Å². The van der Waals surface area contributed by atoms with Crippen LogP contribution in [-0.4, -0.2) is 16.9 Å². The third-order valence-electron chi connectivity index (χ3n) is 3.80. The number of nitrogens with one attached hydrogen (secondary N) is 1. The number of carbonyl (C=O) groups excluding carboxylic acids is 1. The number of amides is 1. The number of pyridine rings is 1. The molecule has 4 heteroatoms. The highest BCUT2D eigenvalue weighted by molar-refractivity contribution is 6.29. The number of aromatic nitrogens is 1. The van der Waals surface area contributed by atoms with E-state index in [0.29, 0.717) is 10.7 Å². The van der Waals surface area contributed by atoms with Gasteiger partial charge in [-0.05, 0) is 30.4 Å². The predicted octanol–water partition coefficient (Wildman–Crippen LogP) is 3.43. The number of rotatable bonds is 2. The molecule has 1 amide bonds. The van der Waals surface area contributed by atoms with Crippen LogP contribution in [0.25, 0.3) is 0 Å². The van der Waals surface area contributed by atoms with Crippen LogP contribution in [-0.2, 0) is 0 Å². The summed E-state index contributed by atoms with van der Waals surface area (Å²) < 4.78 is 0. The summed E-state index contributed by atoms with van der Waals surface area (Å²) in [6.07, 6.45) is 6.18. The lowest BCUT2D eigenvalue weighted by Gasteiger charge is -2.39. The maximum atomic E-state index is 12.1. The first kappa shape index (κ1) is 13.3. The standard InChI is InChI=1S/C14H19ClN2O/c1-14(2)8-4-3-5-11(14)17-13(18)10-6-7-12(15)16-9-10/h6-7,9,11H,3-5,8H2,1-2H3,(H,17,18). The molecule has 18 heavy (non-hydrogen) atoms. The van der Waals surface area contributed by atoms with Gasteiger partial charge in [-0.2, -0.15) is 0 Å². The molecule has 1 saturated carbocycles. The first-order chi connectivity index (χ1) is 8.49. The summed E-state index contributed by atoms with van der Waals surface area (Å²) in [6.45, 7) is 4.44. The van der Waals surface area contributed by atoms with E-state index >= 15 is 0 Å². The first-order valence-corrected chi connectivity index (χ1v) is 6.79.